The average Bonchev–Trinajstić information content (AvgIpc) is 2.48. The zero-order chi connectivity index (χ0) is 10.3. The Morgan fingerprint density at radius 3 is 2.71 bits per heavy atom. The van der Waals surface area contributed by atoms with E-state index >= 15 is 0 Å². The van der Waals surface area contributed by atoms with Crippen molar-refractivity contribution in [1.82, 2.24) is 14.8 Å². The van der Waals surface area contributed by atoms with Crippen LogP contribution in [0.1, 0.15) is 51.4 Å². The van der Waals surface area contributed by atoms with Crippen LogP contribution < -0.4 is 0 Å². The molecule has 0 aliphatic carbocycles. The first-order valence-electron chi connectivity index (χ1n) is 5.12. The normalized spacial score (nSPS) is 22.1. The summed E-state index contributed by atoms with van der Waals surface area (Å²) in [5, 5.41) is 14.1. The summed E-state index contributed by atoms with van der Waals surface area (Å²) in [4.78, 5) is 4.40. The minimum atomic E-state index is -0.424. The maximum Gasteiger partial charge on any atom is 0.156 e. The van der Waals surface area contributed by atoms with Gasteiger partial charge in [0.25, 0.3) is 0 Å². The zero-order valence-electron chi connectivity index (χ0n) is 8.99. The van der Waals surface area contributed by atoms with Gasteiger partial charge in [-0.15, -0.1) is 0 Å². The molecule has 0 saturated heterocycles. The minimum Gasteiger partial charge on any atom is -0.385 e. The Kier molecular flexibility index (Phi) is 2.10. The van der Waals surface area contributed by atoms with E-state index in [9.17, 15) is 5.11 Å². The zero-order valence-corrected chi connectivity index (χ0v) is 8.99. The molecule has 1 aliphatic rings. The summed E-state index contributed by atoms with van der Waals surface area (Å²) >= 11 is 0. The highest BCUT2D eigenvalue weighted by Crippen LogP contribution is 2.26. The van der Waals surface area contributed by atoms with Crippen LogP contribution in [0, 0.1) is 0 Å². The molecule has 0 aromatic carbocycles. The highest BCUT2D eigenvalue weighted by Gasteiger charge is 2.26. The SMILES string of the molecule is CC(C)(C)c1nc2n(n1)CCCC2O. The van der Waals surface area contributed by atoms with Crippen LogP contribution in [0.4, 0.5) is 0 Å². The number of aryl methyl sites for hydroxylation is 1. The van der Waals surface area contributed by atoms with Crippen molar-refractivity contribution in [2.75, 3.05) is 0 Å². The molecule has 1 unspecified atom stereocenters. The lowest BCUT2D eigenvalue weighted by Crippen LogP contribution is -2.16. The fourth-order valence-electron chi connectivity index (χ4n) is 1.65. The Labute approximate surface area is 84.0 Å². The largest absolute Gasteiger partial charge is 0.385 e. The Morgan fingerprint density at radius 2 is 2.14 bits per heavy atom. The second-order valence-corrected chi connectivity index (χ2v) is 4.92. The van der Waals surface area contributed by atoms with E-state index in [4.69, 9.17) is 0 Å². The monoisotopic (exact) mass is 195 g/mol. The molecule has 4 heteroatoms. The number of hydrogen-bond acceptors (Lipinski definition) is 3. The Balaban J connectivity index is 2.40. The van der Waals surface area contributed by atoms with Crippen LogP contribution in [0.2, 0.25) is 0 Å². The summed E-state index contributed by atoms with van der Waals surface area (Å²) < 4.78 is 1.84. The van der Waals surface area contributed by atoms with Gasteiger partial charge >= 0.3 is 0 Å². The third-order valence-corrected chi connectivity index (χ3v) is 2.52. The van der Waals surface area contributed by atoms with Crippen molar-refractivity contribution in [3.63, 3.8) is 0 Å². The van der Waals surface area contributed by atoms with Gasteiger partial charge in [-0.05, 0) is 12.8 Å². The molecule has 1 N–H and O–H groups in total. The van der Waals surface area contributed by atoms with Crippen LogP contribution in [-0.4, -0.2) is 19.9 Å². The van der Waals surface area contributed by atoms with Crippen molar-refractivity contribution in [1.29, 1.82) is 0 Å². The summed E-state index contributed by atoms with van der Waals surface area (Å²) in [6, 6.07) is 0. The van der Waals surface area contributed by atoms with Gasteiger partial charge in [0.1, 0.15) is 6.10 Å². The second kappa shape index (κ2) is 3.05. The van der Waals surface area contributed by atoms with Crippen LogP contribution in [0.25, 0.3) is 0 Å². The van der Waals surface area contributed by atoms with Crippen molar-refractivity contribution >= 4 is 0 Å². The van der Waals surface area contributed by atoms with Crippen molar-refractivity contribution < 1.29 is 5.11 Å². The number of aliphatic hydroxyl groups is 1. The van der Waals surface area contributed by atoms with Gasteiger partial charge in [-0.3, -0.25) is 0 Å². The van der Waals surface area contributed by atoms with E-state index in [-0.39, 0.29) is 5.41 Å². The van der Waals surface area contributed by atoms with Gasteiger partial charge in [-0.25, -0.2) is 9.67 Å². The molecule has 0 radical (unpaired) electrons. The van der Waals surface area contributed by atoms with Gasteiger partial charge < -0.3 is 5.11 Å². The molecule has 78 valence electrons. The Bertz CT molecular complexity index is 338. The van der Waals surface area contributed by atoms with Crippen LogP contribution in [-0.2, 0) is 12.0 Å². The highest BCUT2D eigenvalue weighted by atomic mass is 16.3. The van der Waals surface area contributed by atoms with Crippen LogP contribution in [0.5, 0.6) is 0 Å². The molecule has 2 heterocycles. The summed E-state index contributed by atoms with van der Waals surface area (Å²) in [6.07, 6.45) is 1.37. The number of aromatic nitrogens is 3. The van der Waals surface area contributed by atoms with E-state index in [1.165, 1.54) is 0 Å². The average molecular weight is 195 g/mol. The Hall–Kier alpha value is -0.900. The predicted octanol–water partition coefficient (Wildman–Crippen LogP) is 1.40. The number of aliphatic hydroxyl groups excluding tert-OH is 1. The quantitative estimate of drug-likeness (QED) is 0.680. The highest BCUT2D eigenvalue weighted by molar-refractivity contribution is 5.06. The maximum atomic E-state index is 9.72. The van der Waals surface area contributed by atoms with E-state index in [1.807, 2.05) is 4.68 Å². The van der Waals surface area contributed by atoms with E-state index in [1.54, 1.807) is 0 Å². The van der Waals surface area contributed by atoms with Crippen molar-refractivity contribution in [2.45, 2.75) is 51.7 Å². The molecule has 0 saturated carbocycles. The first-order valence-corrected chi connectivity index (χ1v) is 5.12. The Morgan fingerprint density at radius 1 is 1.43 bits per heavy atom. The second-order valence-electron chi connectivity index (χ2n) is 4.92. The number of fused-ring (bicyclic) bond motifs is 1. The topological polar surface area (TPSA) is 50.9 Å². The number of rotatable bonds is 0. The van der Waals surface area contributed by atoms with Gasteiger partial charge in [0.05, 0.1) is 0 Å². The molecule has 1 atom stereocenters. The van der Waals surface area contributed by atoms with Gasteiger partial charge in [-0.1, -0.05) is 20.8 Å². The summed E-state index contributed by atoms with van der Waals surface area (Å²) in [7, 11) is 0. The lowest BCUT2D eigenvalue weighted by molar-refractivity contribution is 0.130. The third-order valence-electron chi connectivity index (χ3n) is 2.52. The van der Waals surface area contributed by atoms with Crippen molar-refractivity contribution in [2.24, 2.45) is 0 Å². The minimum absolute atomic E-state index is 0.0376. The smallest absolute Gasteiger partial charge is 0.156 e. The lowest BCUT2D eigenvalue weighted by atomic mass is 9.96. The summed E-state index contributed by atoms with van der Waals surface area (Å²) in [6.45, 7) is 7.14. The third kappa shape index (κ3) is 1.54. The standard InChI is InChI=1S/C10H17N3O/c1-10(2,3)9-11-8-7(14)5-4-6-13(8)12-9/h7,14H,4-6H2,1-3H3. The van der Waals surface area contributed by atoms with E-state index in [2.05, 4.69) is 30.9 Å². The van der Waals surface area contributed by atoms with E-state index in [0.29, 0.717) is 0 Å². The first kappa shape index (κ1) is 9.65. The molecular weight excluding hydrogens is 178 g/mol. The van der Waals surface area contributed by atoms with Crippen molar-refractivity contribution in [3.8, 4) is 0 Å². The molecule has 0 fully saturated rings. The molecule has 2 rings (SSSR count). The molecule has 0 amide bonds. The van der Waals surface area contributed by atoms with Gasteiger partial charge in [-0.2, -0.15) is 5.10 Å². The molecule has 4 nitrogen and oxygen atoms in total. The van der Waals surface area contributed by atoms with E-state index in [0.717, 1.165) is 31.0 Å². The predicted molar refractivity (Wildman–Crippen MR) is 52.9 cm³/mol. The number of hydrogen-bond donors (Lipinski definition) is 1. The van der Waals surface area contributed by atoms with Gasteiger partial charge in [0.15, 0.2) is 11.6 Å². The molecule has 1 aliphatic heterocycles. The number of nitrogens with zero attached hydrogens (tertiary/aromatic N) is 3. The van der Waals surface area contributed by atoms with Crippen molar-refractivity contribution in [3.05, 3.63) is 11.6 Å². The molecule has 0 bridgehead atoms. The molecule has 14 heavy (non-hydrogen) atoms. The molecule has 1 aromatic heterocycles. The fraction of sp³-hybridized carbons (Fsp3) is 0.800. The van der Waals surface area contributed by atoms with Gasteiger partial charge in [0.2, 0.25) is 0 Å². The molecular formula is C10H17N3O. The van der Waals surface area contributed by atoms with Crippen LogP contribution in [0.15, 0.2) is 0 Å². The maximum absolute atomic E-state index is 9.72. The fourth-order valence-corrected chi connectivity index (χ4v) is 1.65. The summed E-state index contributed by atoms with van der Waals surface area (Å²) in [5.74, 6) is 1.56. The summed E-state index contributed by atoms with van der Waals surface area (Å²) in [5.41, 5.74) is -0.0376. The van der Waals surface area contributed by atoms with Gasteiger partial charge in [0, 0.05) is 12.0 Å². The lowest BCUT2D eigenvalue weighted by Gasteiger charge is -2.16. The van der Waals surface area contributed by atoms with E-state index < -0.39 is 6.10 Å². The van der Waals surface area contributed by atoms with Crippen LogP contribution >= 0.6 is 0 Å². The first-order chi connectivity index (χ1) is 6.48. The molecule has 0 spiro atoms. The molecule has 1 aromatic rings. The van der Waals surface area contributed by atoms with Crippen LogP contribution in [0.3, 0.4) is 0 Å².